The van der Waals surface area contributed by atoms with Gasteiger partial charge in [-0.25, -0.2) is 0 Å². The van der Waals surface area contributed by atoms with E-state index in [-0.39, 0.29) is 5.97 Å². The lowest BCUT2D eigenvalue weighted by molar-refractivity contribution is -0.140. The van der Waals surface area contributed by atoms with Gasteiger partial charge >= 0.3 is 5.97 Å². The van der Waals surface area contributed by atoms with E-state index < -0.39 is 6.23 Å². The zero-order valence-corrected chi connectivity index (χ0v) is 7.96. The van der Waals surface area contributed by atoms with E-state index in [0.29, 0.717) is 19.4 Å². The average Bonchev–Trinajstić information content (AvgIpc) is 2.44. The molecule has 0 bridgehead atoms. The van der Waals surface area contributed by atoms with Crippen molar-refractivity contribution in [1.82, 2.24) is 5.32 Å². The minimum absolute atomic E-state index is 0.207. The van der Waals surface area contributed by atoms with Gasteiger partial charge in [0.1, 0.15) is 6.23 Å². The van der Waals surface area contributed by atoms with Crippen LogP contribution in [-0.4, -0.2) is 31.0 Å². The van der Waals surface area contributed by atoms with Crippen molar-refractivity contribution in [3.05, 3.63) is 11.1 Å². The number of rotatable bonds is 3. The minimum atomic E-state index is -0.535. The molecule has 1 unspecified atom stereocenters. The SMILES string of the molecule is COC(=O)CCC1=C(C)C(O)NC1. The molecular weight excluding hydrogens is 170 g/mol. The lowest BCUT2D eigenvalue weighted by Gasteiger charge is -2.02. The summed E-state index contributed by atoms with van der Waals surface area (Å²) in [5.41, 5.74) is 2.04. The number of nitrogens with one attached hydrogen (secondary N) is 1. The zero-order valence-electron chi connectivity index (χ0n) is 7.96. The molecule has 0 radical (unpaired) electrons. The molecule has 4 heteroatoms. The monoisotopic (exact) mass is 185 g/mol. The highest BCUT2D eigenvalue weighted by molar-refractivity contribution is 5.69. The molecular formula is C9H15NO3. The number of ether oxygens (including phenoxy) is 1. The van der Waals surface area contributed by atoms with Gasteiger partial charge in [0, 0.05) is 13.0 Å². The number of carbonyl (C=O) groups excluding carboxylic acids is 1. The predicted octanol–water partition coefficient (Wildman–Crippen LogP) is 0.178. The second-order valence-electron chi connectivity index (χ2n) is 3.15. The van der Waals surface area contributed by atoms with Crippen LogP contribution in [0.5, 0.6) is 0 Å². The van der Waals surface area contributed by atoms with E-state index in [9.17, 15) is 9.90 Å². The van der Waals surface area contributed by atoms with Crippen LogP contribution < -0.4 is 5.32 Å². The summed E-state index contributed by atoms with van der Waals surface area (Å²) in [6, 6.07) is 0. The molecule has 0 aromatic carbocycles. The summed E-state index contributed by atoms with van der Waals surface area (Å²) in [6.07, 6.45) is 0.521. The Balaban J connectivity index is 2.41. The molecule has 74 valence electrons. The minimum Gasteiger partial charge on any atom is -0.469 e. The lowest BCUT2D eigenvalue weighted by atomic mass is 10.1. The molecule has 2 N–H and O–H groups in total. The fraction of sp³-hybridized carbons (Fsp3) is 0.667. The first-order valence-corrected chi connectivity index (χ1v) is 4.32. The van der Waals surface area contributed by atoms with Crippen LogP contribution in [0.25, 0.3) is 0 Å². The Bertz CT molecular complexity index is 235. The molecule has 0 aromatic heterocycles. The van der Waals surface area contributed by atoms with Crippen molar-refractivity contribution in [3.8, 4) is 0 Å². The maximum atomic E-state index is 10.8. The van der Waals surface area contributed by atoms with Gasteiger partial charge < -0.3 is 9.84 Å². The molecule has 1 aliphatic heterocycles. The summed E-state index contributed by atoms with van der Waals surface area (Å²) >= 11 is 0. The topological polar surface area (TPSA) is 58.6 Å². The molecule has 0 aromatic rings. The van der Waals surface area contributed by atoms with Gasteiger partial charge in [-0.05, 0) is 18.9 Å². The van der Waals surface area contributed by atoms with Crippen LogP contribution in [0.2, 0.25) is 0 Å². The molecule has 1 aliphatic rings. The van der Waals surface area contributed by atoms with Gasteiger partial charge in [-0.3, -0.25) is 10.1 Å². The molecule has 13 heavy (non-hydrogen) atoms. The van der Waals surface area contributed by atoms with Crippen molar-refractivity contribution >= 4 is 5.97 Å². The van der Waals surface area contributed by atoms with Crippen LogP contribution in [0.15, 0.2) is 11.1 Å². The Hall–Kier alpha value is -0.870. The highest BCUT2D eigenvalue weighted by Crippen LogP contribution is 2.18. The standard InChI is InChI=1S/C9H15NO3/c1-6-7(5-10-9(6)12)3-4-8(11)13-2/h9-10,12H,3-5H2,1-2H3. The number of methoxy groups -OCH3 is 1. The van der Waals surface area contributed by atoms with Gasteiger partial charge in [0.25, 0.3) is 0 Å². The molecule has 1 heterocycles. The first-order valence-electron chi connectivity index (χ1n) is 4.32. The average molecular weight is 185 g/mol. The molecule has 0 saturated heterocycles. The Morgan fingerprint density at radius 1 is 1.77 bits per heavy atom. The van der Waals surface area contributed by atoms with Crippen LogP contribution in [0.4, 0.5) is 0 Å². The number of hydrogen-bond donors (Lipinski definition) is 2. The molecule has 0 spiro atoms. The first kappa shape index (κ1) is 10.2. The third kappa shape index (κ3) is 2.54. The number of aliphatic hydroxyl groups excluding tert-OH is 1. The summed E-state index contributed by atoms with van der Waals surface area (Å²) in [4.78, 5) is 10.8. The van der Waals surface area contributed by atoms with Gasteiger partial charge in [0.05, 0.1) is 7.11 Å². The Morgan fingerprint density at radius 2 is 2.46 bits per heavy atom. The van der Waals surface area contributed by atoms with E-state index in [1.165, 1.54) is 7.11 Å². The van der Waals surface area contributed by atoms with Gasteiger partial charge in [0.2, 0.25) is 0 Å². The molecule has 1 rings (SSSR count). The van der Waals surface area contributed by atoms with E-state index in [4.69, 9.17) is 0 Å². The maximum Gasteiger partial charge on any atom is 0.305 e. The highest BCUT2D eigenvalue weighted by atomic mass is 16.5. The summed E-state index contributed by atoms with van der Waals surface area (Å²) in [5, 5.41) is 12.2. The molecule has 0 aliphatic carbocycles. The number of esters is 1. The fourth-order valence-electron chi connectivity index (χ4n) is 1.35. The van der Waals surface area contributed by atoms with Gasteiger partial charge in [0.15, 0.2) is 0 Å². The van der Waals surface area contributed by atoms with Crippen molar-refractivity contribution in [1.29, 1.82) is 0 Å². The normalized spacial score (nSPS) is 22.2. The summed E-state index contributed by atoms with van der Waals surface area (Å²) in [7, 11) is 1.38. The first-order chi connectivity index (χ1) is 6.15. The van der Waals surface area contributed by atoms with E-state index in [1.54, 1.807) is 0 Å². The number of aliphatic hydroxyl groups is 1. The molecule has 0 fully saturated rings. The summed E-state index contributed by atoms with van der Waals surface area (Å²) < 4.78 is 4.53. The van der Waals surface area contributed by atoms with E-state index in [2.05, 4.69) is 10.1 Å². The molecule has 0 saturated carbocycles. The number of carbonyl (C=O) groups is 1. The van der Waals surface area contributed by atoms with Crippen LogP contribution in [0.1, 0.15) is 19.8 Å². The fourth-order valence-corrected chi connectivity index (χ4v) is 1.35. The van der Waals surface area contributed by atoms with Gasteiger partial charge in [-0.1, -0.05) is 5.57 Å². The second-order valence-corrected chi connectivity index (χ2v) is 3.15. The van der Waals surface area contributed by atoms with Crippen molar-refractivity contribution in [2.75, 3.05) is 13.7 Å². The highest BCUT2D eigenvalue weighted by Gasteiger charge is 2.19. The van der Waals surface area contributed by atoms with E-state index in [1.807, 2.05) is 6.92 Å². The van der Waals surface area contributed by atoms with E-state index >= 15 is 0 Å². The summed E-state index contributed by atoms with van der Waals surface area (Å²) in [6.45, 7) is 2.54. The maximum absolute atomic E-state index is 10.8. The molecule has 1 atom stereocenters. The van der Waals surface area contributed by atoms with Gasteiger partial charge in [-0.15, -0.1) is 0 Å². The largest absolute Gasteiger partial charge is 0.469 e. The van der Waals surface area contributed by atoms with Crippen LogP contribution in [0, 0.1) is 0 Å². The van der Waals surface area contributed by atoms with Crippen LogP contribution in [0.3, 0.4) is 0 Å². The van der Waals surface area contributed by atoms with E-state index in [0.717, 1.165) is 11.1 Å². The summed E-state index contributed by atoms with van der Waals surface area (Å²) in [5.74, 6) is -0.207. The van der Waals surface area contributed by atoms with Crippen LogP contribution in [-0.2, 0) is 9.53 Å². The predicted molar refractivity (Wildman–Crippen MR) is 48.0 cm³/mol. The van der Waals surface area contributed by atoms with Crippen molar-refractivity contribution in [2.45, 2.75) is 26.0 Å². The van der Waals surface area contributed by atoms with Crippen LogP contribution >= 0.6 is 0 Å². The Kier molecular flexibility index (Phi) is 3.45. The molecule has 4 nitrogen and oxygen atoms in total. The third-order valence-corrected chi connectivity index (χ3v) is 2.34. The Labute approximate surface area is 77.6 Å². The van der Waals surface area contributed by atoms with Gasteiger partial charge in [-0.2, -0.15) is 0 Å². The Morgan fingerprint density at radius 3 is 2.92 bits per heavy atom. The quantitative estimate of drug-likeness (QED) is 0.486. The smallest absolute Gasteiger partial charge is 0.305 e. The lowest BCUT2D eigenvalue weighted by Crippen LogP contribution is -2.23. The zero-order chi connectivity index (χ0) is 9.84. The van der Waals surface area contributed by atoms with Crippen molar-refractivity contribution in [3.63, 3.8) is 0 Å². The van der Waals surface area contributed by atoms with Crippen molar-refractivity contribution in [2.24, 2.45) is 0 Å². The number of hydrogen-bond acceptors (Lipinski definition) is 4. The third-order valence-electron chi connectivity index (χ3n) is 2.34. The van der Waals surface area contributed by atoms with Crippen molar-refractivity contribution < 1.29 is 14.6 Å². The second kappa shape index (κ2) is 4.39. The molecule has 0 amide bonds.